The Bertz CT molecular complexity index is 848. The van der Waals surface area contributed by atoms with Crippen LogP contribution in [0.3, 0.4) is 0 Å². The minimum atomic E-state index is -3.54. The van der Waals surface area contributed by atoms with Crippen LogP contribution in [0.5, 0.6) is 5.75 Å². The zero-order valence-corrected chi connectivity index (χ0v) is 16.5. The van der Waals surface area contributed by atoms with Crippen LogP contribution in [0.15, 0.2) is 58.3 Å². The molecule has 6 nitrogen and oxygen atoms in total. The van der Waals surface area contributed by atoms with E-state index in [-0.39, 0.29) is 28.3 Å². The van der Waals surface area contributed by atoms with Gasteiger partial charge in [0.2, 0.25) is 15.9 Å². The first-order valence-corrected chi connectivity index (χ1v) is 10.4. The highest BCUT2D eigenvalue weighted by Crippen LogP contribution is 2.22. The van der Waals surface area contributed by atoms with Gasteiger partial charge in [-0.25, -0.2) is 8.42 Å². The molecule has 0 fully saturated rings. The van der Waals surface area contributed by atoms with E-state index in [1.807, 2.05) is 0 Å². The maximum Gasteiger partial charge on any atom is 0.243 e. The Morgan fingerprint density at radius 3 is 2.23 bits per heavy atom. The molecule has 0 atom stereocenters. The molecule has 2 rings (SSSR count). The number of carbonyl (C=O) groups excluding carboxylic acids is 1. The van der Waals surface area contributed by atoms with E-state index < -0.39 is 10.0 Å². The summed E-state index contributed by atoms with van der Waals surface area (Å²) in [5.74, 6) is 0.191. The summed E-state index contributed by atoms with van der Waals surface area (Å²) in [5, 5.41) is 12.0. The van der Waals surface area contributed by atoms with Crippen LogP contribution < -0.4 is 5.32 Å². The number of rotatable bonds is 7. The van der Waals surface area contributed by atoms with E-state index in [2.05, 4.69) is 5.32 Å². The molecule has 0 saturated carbocycles. The summed E-state index contributed by atoms with van der Waals surface area (Å²) in [4.78, 5) is 13.1. The molecule has 140 valence electrons. The SMILES string of the molecule is CC(C)N(C)S(=O)(=O)c1ccc(NC(=O)CSc2ccc(O)cc2)cc1. The van der Waals surface area contributed by atoms with Gasteiger partial charge in [0, 0.05) is 23.7 Å². The van der Waals surface area contributed by atoms with Crippen LogP contribution in [0.25, 0.3) is 0 Å². The predicted molar refractivity (Wildman–Crippen MR) is 104 cm³/mol. The van der Waals surface area contributed by atoms with E-state index in [1.165, 1.54) is 35.2 Å². The number of benzene rings is 2. The second-order valence-electron chi connectivity index (χ2n) is 5.97. The van der Waals surface area contributed by atoms with Crippen LogP contribution in [-0.4, -0.2) is 42.6 Å². The molecule has 2 aromatic carbocycles. The van der Waals surface area contributed by atoms with Crippen molar-refractivity contribution in [3.8, 4) is 5.75 Å². The van der Waals surface area contributed by atoms with Crippen molar-refractivity contribution in [2.75, 3.05) is 18.1 Å². The number of sulfonamides is 1. The maximum absolute atomic E-state index is 12.4. The molecule has 2 aromatic rings. The Morgan fingerprint density at radius 2 is 1.69 bits per heavy atom. The molecule has 0 aromatic heterocycles. The molecule has 0 heterocycles. The molecule has 2 N–H and O–H groups in total. The minimum absolute atomic E-state index is 0.142. The van der Waals surface area contributed by atoms with Gasteiger partial charge in [-0.1, -0.05) is 0 Å². The lowest BCUT2D eigenvalue weighted by Crippen LogP contribution is -2.33. The first kappa shape index (κ1) is 20.3. The van der Waals surface area contributed by atoms with Crippen molar-refractivity contribution in [1.82, 2.24) is 4.31 Å². The molecule has 0 unspecified atom stereocenters. The van der Waals surface area contributed by atoms with Gasteiger partial charge in [0.25, 0.3) is 0 Å². The molecule has 1 amide bonds. The quantitative estimate of drug-likeness (QED) is 0.705. The fourth-order valence-corrected chi connectivity index (χ4v) is 4.11. The highest BCUT2D eigenvalue weighted by atomic mass is 32.2. The van der Waals surface area contributed by atoms with Gasteiger partial charge in [-0.15, -0.1) is 11.8 Å². The maximum atomic E-state index is 12.4. The summed E-state index contributed by atoms with van der Waals surface area (Å²) in [7, 11) is -2.00. The summed E-state index contributed by atoms with van der Waals surface area (Å²) >= 11 is 1.35. The van der Waals surface area contributed by atoms with Crippen LogP contribution in [-0.2, 0) is 14.8 Å². The van der Waals surface area contributed by atoms with Crippen molar-refractivity contribution in [1.29, 1.82) is 0 Å². The van der Waals surface area contributed by atoms with E-state index in [0.29, 0.717) is 5.69 Å². The number of carbonyl (C=O) groups is 1. The highest BCUT2D eigenvalue weighted by molar-refractivity contribution is 8.00. The molecular weight excluding hydrogens is 372 g/mol. The molecule has 0 radical (unpaired) electrons. The first-order valence-electron chi connectivity index (χ1n) is 8.00. The summed E-state index contributed by atoms with van der Waals surface area (Å²) in [6, 6.07) is 12.6. The average Bonchev–Trinajstić information content (AvgIpc) is 2.61. The molecular formula is C18H22N2O4S2. The van der Waals surface area contributed by atoms with Crippen molar-refractivity contribution in [3.05, 3.63) is 48.5 Å². The van der Waals surface area contributed by atoms with Gasteiger partial charge in [0.15, 0.2) is 0 Å². The van der Waals surface area contributed by atoms with Gasteiger partial charge in [-0.2, -0.15) is 4.31 Å². The summed E-state index contributed by atoms with van der Waals surface area (Å²) < 4.78 is 26.1. The number of amides is 1. The molecule has 0 aliphatic heterocycles. The van der Waals surface area contributed by atoms with Crippen LogP contribution >= 0.6 is 11.8 Å². The Balaban J connectivity index is 1.96. The van der Waals surface area contributed by atoms with Crippen LogP contribution in [0.2, 0.25) is 0 Å². The first-order chi connectivity index (χ1) is 12.2. The summed E-state index contributed by atoms with van der Waals surface area (Å²) in [5.41, 5.74) is 0.535. The number of thioether (sulfide) groups is 1. The van der Waals surface area contributed by atoms with Crippen molar-refractivity contribution in [2.45, 2.75) is 29.7 Å². The number of aromatic hydroxyl groups is 1. The van der Waals surface area contributed by atoms with Gasteiger partial charge < -0.3 is 10.4 Å². The number of hydrogen-bond acceptors (Lipinski definition) is 5. The minimum Gasteiger partial charge on any atom is -0.508 e. The zero-order chi connectivity index (χ0) is 19.3. The standard InChI is InChI=1S/C18H22N2O4S2/c1-13(2)20(3)26(23,24)17-10-4-14(5-11-17)19-18(22)12-25-16-8-6-15(21)7-9-16/h4-11,13,21H,12H2,1-3H3,(H,19,22). The second kappa shape index (κ2) is 8.57. The molecule has 0 bridgehead atoms. The van der Waals surface area contributed by atoms with Crippen molar-refractivity contribution < 1.29 is 18.3 Å². The topological polar surface area (TPSA) is 86.7 Å². The fraction of sp³-hybridized carbons (Fsp3) is 0.278. The summed E-state index contributed by atoms with van der Waals surface area (Å²) in [6.07, 6.45) is 0. The van der Waals surface area contributed by atoms with Gasteiger partial charge in [0.05, 0.1) is 10.6 Å². The van der Waals surface area contributed by atoms with Gasteiger partial charge in [-0.3, -0.25) is 4.79 Å². The summed E-state index contributed by atoms with van der Waals surface area (Å²) in [6.45, 7) is 3.61. The van der Waals surface area contributed by atoms with E-state index in [9.17, 15) is 18.3 Å². The van der Waals surface area contributed by atoms with Crippen LogP contribution in [0.1, 0.15) is 13.8 Å². The van der Waals surface area contributed by atoms with Crippen molar-refractivity contribution in [3.63, 3.8) is 0 Å². The lowest BCUT2D eigenvalue weighted by Gasteiger charge is -2.21. The van der Waals surface area contributed by atoms with E-state index in [0.717, 1.165) is 4.90 Å². The number of phenols is 1. The highest BCUT2D eigenvalue weighted by Gasteiger charge is 2.22. The van der Waals surface area contributed by atoms with Gasteiger partial charge in [0.1, 0.15) is 5.75 Å². The number of anilines is 1. The molecule has 8 heteroatoms. The number of nitrogens with zero attached hydrogens (tertiary/aromatic N) is 1. The number of nitrogens with one attached hydrogen (secondary N) is 1. The zero-order valence-electron chi connectivity index (χ0n) is 14.8. The lowest BCUT2D eigenvalue weighted by molar-refractivity contribution is -0.113. The number of hydrogen-bond donors (Lipinski definition) is 2. The predicted octanol–water partition coefficient (Wildman–Crippen LogP) is 3.15. The molecule has 0 aliphatic carbocycles. The van der Waals surface area contributed by atoms with Gasteiger partial charge >= 0.3 is 0 Å². The average molecular weight is 395 g/mol. The van der Waals surface area contributed by atoms with E-state index in [4.69, 9.17) is 0 Å². The molecule has 0 saturated heterocycles. The molecule has 0 aliphatic rings. The molecule has 0 spiro atoms. The fourth-order valence-electron chi connectivity index (χ4n) is 2.04. The Hall–Kier alpha value is -2.03. The van der Waals surface area contributed by atoms with Crippen LogP contribution in [0.4, 0.5) is 5.69 Å². The third-order valence-corrected chi connectivity index (χ3v) is 6.81. The monoisotopic (exact) mass is 394 g/mol. The largest absolute Gasteiger partial charge is 0.508 e. The van der Waals surface area contributed by atoms with Crippen molar-refractivity contribution in [2.24, 2.45) is 0 Å². The molecule has 26 heavy (non-hydrogen) atoms. The Morgan fingerprint density at radius 1 is 1.12 bits per heavy atom. The van der Waals surface area contributed by atoms with E-state index in [1.54, 1.807) is 50.2 Å². The third kappa shape index (κ3) is 5.23. The Labute approximate surface area is 158 Å². The number of phenolic OH excluding ortho intramolecular Hbond substituents is 1. The van der Waals surface area contributed by atoms with Gasteiger partial charge in [-0.05, 0) is 62.4 Å². The van der Waals surface area contributed by atoms with E-state index >= 15 is 0 Å². The third-order valence-electron chi connectivity index (χ3n) is 3.75. The normalized spacial score (nSPS) is 11.7. The lowest BCUT2D eigenvalue weighted by atomic mass is 10.3. The second-order valence-corrected chi connectivity index (χ2v) is 9.02. The smallest absolute Gasteiger partial charge is 0.243 e. The Kier molecular flexibility index (Phi) is 6.69. The van der Waals surface area contributed by atoms with Crippen LogP contribution in [0, 0.1) is 0 Å². The van der Waals surface area contributed by atoms with Crippen molar-refractivity contribution >= 4 is 33.4 Å².